The van der Waals surface area contributed by atoms with Gasteiger partial charge in [-0.2, -0.15) is 0 Å². The molecule has 7 nitrogen and oxygen atoms in total. The molecule has 0 bridgehead atoms. The van der Waals surface area contributed by atoms with Gasteiger partial charge in [-0.1, -0.05) is 23.7 Å². The summed E-state index contributed by atoms with van der Waals surface area (Å²) in [6, 6.07) is 9.46. The molecule has 8 heteroatoms. The van der Waals surface area contributed by atoms with E-state index >= 15 is 0 Å². The zero-order chi connectivity index (χ0) is 21.4. The number of hydrogen-bond acceptors (Lipinski definition) is 7. The van der Waals surface area contributed by atoms with Crippen LogP contribution in [0.3, 0.4) is 0 Å². The van der Waals surface area contributed by atoms with Gasteiger partial charge in [-0.15, -0.1) is 0 Å². The van der Waals surface area contributed by atoms with Gasteiger partial charge < -0.3 is 34.6 Å². The predicted octanol–water partition coefficient (Wildman–Crippen LogP) is 1.39. The fourth-order valence-electron chi connectivity index (χ4n) is 4.10. The Kier molecular flexibility index (Phi) is 6.20. The molecule has 2 heterocycles. The number of hydrogen-bond donors (Lipinski definition) is 4. The maximum Gasteiger partial charge on any atom is 0.130 e. The number of benzene rings is 2. The molecule has 2 aliphatic rings. The molecular weight excluding hydrogens is 412 g/mol. The number of fused-ring (bicyclic) bond motifs is 1. The molecule has 0 radical (unpaired) electrons. The maximum absolute atomic E-state index is 10.6. The van der Waals surface area contributed by atoms with Crippen molar-refractivity contribution in [2.45, 2.75) is 43.4 Å². The summed E-state index contributed by atoms with van der Waals surface area (Å²) < 4.78 is 16.7. The SMILES string of the molecule is COc1ccc(Cc2cc([C@H]3O[C@@H](CO)[C@H](O)[C@@H](O)[C@@H]3O)c3c(c2Cl)CCO3)cc1. The van der Waals surface area contributed by atoms with E-state index in [0.29, 0.717) is 35.8 Å². The lowest BCUT2D eigenvalue weighted by Gasteiger charge is -2.40. The first kappa shape index (κ1) is 21.4. The Hall–Kier alpha value is -1.87. The Morgan fingerprint density at radius 2 is 1.83 bits per heavy atom. The molecule has 5 atom stereocenters. The highest BCUT2D eigenvalue weighted by Crippen LogP contribution is 2.45. The van der Waals surface area contributed by atoms with Crippen LogP contribution in [-0.2, 0) is 17.6 Å². The highest BCUT2D eigenvalue weighted by atomic mass is 35.5. The van der Waals surface area contributed by atoms with E-state index in [1.54, 1.807) is 7.11 Å². The first-order valence-electron chi connectivity index (χ1n) is 9.85. The monoisotopic (exact) mass is 436 g/mol. The maximum atomic E-state index is 10.6. The number of aliphatic hydroxyl groups excluding tert-OH is 4. The van der Waals surface area contributed by atoms with Crippen LogP contribution in [0.1, 0.15) is 28.4 Å². The molecule has 4 N–H and O–H groups in total. The average Bonchev–Trinajstić information content (AvgIpc) is 3.26. The largest absolute Gasteiger partial charge is 0.497 e. The standard InChI is InChI=1S/C22H25ClO7/c1-28-13-4-2-11(3-5-13)8-12-9-15(21-14(17(12)23)6-7-29-21)22-20(27)19(26)18(25)16(10-24)30-22/h2-5,9,16,18-20,22,24-27H,6-8,10H2,1H3/t16-,18-,19+,20-,22+/m0/s1. The molecule has 1 saturated heterocycles. The van der Waals surface area contributed by atoms with Crippen molar-refractivity contribution < 1.29 is 34.6 Å². The molecule has 1 fully saturated rings. The molecule has 0 unspecified atom stereocenters. The Balaban J connectivity index is 1.73. The van der Waals surface area contributed by atoms with Gasteiger partial charge in [0.1, 0.15) is 42.0 Å². The second-order valence-electron chi connectivity index (χ2n) is 7.62. The molecule has 0 saturated carbocycles. The molecule has 2 aromatic carbocycles. The van der Waals surface area contributed by atoms with E-state index in [1.165, 1.54) is 0 Å². The molecule has 0 aromatic heterocycles. The summed E-state index contributed by atoms with van der Waals surface area (Å²) in [7, 11) is 1.61. The molecule has 2 aliphatic heterocycles. The van der Waals surface area contributed by atoms with Crippen LogP contribution in [-0.4, -0.2) is 65.2 Å². The van der Waals surface area contributed by atoms with Crippen molar-refractivity contribution in [2.24, 2.45) is 0 Å². The Labute approximate surface area is 179 Å². The molecular formula is C22H25ClO7. The van der Waals surface area contributed by atoms with Crippen molar-refractivity contribution in [1.82, 2.24) is 0 Å². The van der Waals surface area contributed by atoms with E-state index in [0.717, 1.165) is 22.4 Å². The van der Waals surface area contributed by atoms with Crippen LogP contribution in [0.15, 0.2) is 30.3 Å². The third kappa shape index (κ3) is 3.77. The lowest BCUT2D eigenvalue weighted by atomic mass is 9.88. The van der Waals surface area contributed by atoms with Crippen molar-refractivity contribution in [1.29, 1.82) is 0 Å². The second-order valence-corrected chi connectivity index (χ2v) is 8.00. The second kappa shape index (κ2) is 8.70. The topological polar surface area (TPSA) is 109 Å². The summed E-state index contributed by atoms with van der Waals surface area (Å²) in [6.45, 7) is -0.0394. The van der Waals surface area contributed by atoms with Crippen LogP contribution in [0.5, 0.6) is 11.5 Å². The van der Waals surface area contributed by atoms with Crippen molar-refractivity contribution in [2.75, 3.05) is 20.3 Å². The quantitative estimate of drug-likeness (QED) is 0.561. The molecule has 2 aromatic rings. The van der Waals surface area contributed by atoms with Crippen LogP contribution in [0.2, 0.25) is 5.02 Å². The van der Waals surface area contributed by atoms with Crippen LogP contribution >= 0.6 is 11.6 Å². The fourth-order valence-corrected chi connectivity index (χ4v) is 4.40. The number of halogens is 1. The van der Waals surface area contributed by atoms with Crippen LogP contribution in [0, 0.1) is 0 Å². The van der Waals surface area contributed by atoms with Crippen molar-refractivity contribution in [3.63, 3.8) is 0 Å². The number of aliphatic hydroxyl groups is 4. The van der Waals surface area contributed by atoms with E-state index in [9.17, 15) is 20.4 Å². The fraction of sp³-hybridized carbons (Fsp3) is 0.455. The Bertz CT molecular complexity index is 899. The average molecular weight is 437 g/mol. The first-order valence-corrected chi connectivity index (χ1v) is 10.2. The molecule has 0 aliphatic carbocycles. The van der Waals surface area contributed by atoms with Crippen LogP contribution < -0.4 is 9.47 Å². The van der Waals surface area contributed by atoms with E-state index in [1.807, 2.05) is 30.3 Å². The normalized spacial score (nSPS) is 28.1. The summed E-state index contributed by atoms with van der Waals surface area (Å²) in [5.41, 5.74) is 3.23. The lowest BCUT2D eigenvalue weighted by Crippen LogP contribution is -2.55. The zero-order valence-electron chi connectivity index (χ0n) is 16.5. The summed E-state index contributed by atoms with van der Waals surface area (Å²) >= 11 is 6.68. The van der Waals surface area contributed by atoms with Gasteiger partial charge in [-0.25, -0.2) is 0 Å². The van der Waals surface area contributed by atoms with Crippen LogP contribution in [0.4, 0.5) is 0 Å². The smallest absolute Gasteiger partial charge is 0.130 e. The van der Waals surface area contributed by atoms with Crippen molar-refractivity contribution >= 4 is 11.6 Å². The molecule has 0 amide bonds. The minimum Gasteiger partial charge on any atom is -0.497 e. The molecule has 162 valence electrons. The van der Waals surface area contributed by atoms with E-state index < -0.39 is 37.1 Å². The lowest BCUT2D eigenvalue weighted by molar-refractivity contribution is -0.232. The summed E-state index contributed by atoms with van der Waals surface area (Å²) in [5, 5.41) is 41.0. The Morgan fingerprint density at radius 1 is 1.10 bits per heavy atom. The first-order chi connectivity index (χ1) is 14.4. The van der Waals surface area contributed by atoms with Gasteiger partial charge in [0.2, 0.25) is 0 Å². The summed E-state index contributed by atoms with van der Waals surface area (Å²) in [6.07, 6.45) is -5.06. The summed E-state index contributed by atoms with van der Waals surface area (Å²) in [4.78, 5) is 0. The van der Waals surface area contributed by atoms with E-state index in [4.69, 9.17) is 25.8 Å². The van der Waals surface area contributed by atoms with Gasteiger partial charge in [0, 0.05) is 17.5 Å². The molecule has 0 spiro atoms. The third-order valence-corrected chi connectivity index (χ3v) is 6.23. The van der Waals surface area contributed by atoms with Gasteiger partial charge in [0.05, 0.1) is 25.3 Å². The van der Waals surface area contributed by atoms with E-state index in [-0.39, 0.29) is 0 Å². The number of ether oxygens (including phenoxy) is 3. The van der Waals surface area contributed by atoms with Crippen LogP contribution in [0.25, 0.3) is 0 Å². The minimum atomic E-state index is -1.46. The Morgan fingerprint density at radius 3 is 2.50 bits per heavy atom. The van der Waals surface area contributed by atoms with Gasteiger partial charge in [0.25, 0.3) is 0 Å². The van der Waals surface area contributed by atoms with Gasteiger partial charge in [0.15, 0.2) is 0 Å². The molecule has 4 rings (SSSR count). The number of rotatable bonds is 5. The summed E-state index contributed by atoms with van der Waals surface area (Å²) in [5.74, 6) is 1.29. The highest BCUT2D eigenvalue weighted by Gasteiger charge is 2.45. The molecule has 30 heavy (non-hydrogen) atoms. The predicted molar refractivity (Wildman–Crippen MR) is 109 cm³/mol. The van der Waals surface area contributed by atoms with E-state index in [2.05, 4.69) is 0 Å². The van der Waals surface area contributed by atoms with Crippen molar-refractivity contribution in [3.05, 3.63) is 57.6 Å². The highest BCUT2D eigenvalue weighted by molar-refractivity contribution is 6.32. The zero-order valence-corrected chi connectivity index (χ0v) is 17.2. The van der Waals surface area contributed by atoms with Gasteiger partial charge in [-0.3, -0.25) is 0 Å². The minimum absolute atomic E-state index is 0.450. The third-order valence-electron chi connectivity index (χ3n) is 5.76. The van der Waals surface area contributed by atoms with Gasteiger partial charge >= 0.3 is 0 Å². The number of methoxy groups -OCH3 is 1. The van der Waals surface area contributed by atoms with Gasteiger partial charge in [-0.05, 0) is 35.7 Å². The van der Waals surface area contributed by atoms with Crippen molar-refractivity contribution in [3.8, 4) is 11.5 Å².